The molecule has 3 N–H and O–H groups in total. The van der Waals surface area contributed by atoms with Crippen molar-refractivity contribution in [3.8, 4) is 0 Å². The highest BCUT2D eigenvalue weighted by Crippen LogP contribution is 2.09. The lowest BCUT2D eigenvalue weighted by Gasteiger charge is -2.17. The van der Waals surface area contributed by atoms with Gasteiger partial charge in [-0.1, -0.05) is 20.8 Å². The highest BCUT2D eigenvalue weighted by Gasteiger charge is 2.10. The molecule has 0 aliphatic carbocycles. The number of aliphatic hydroxyl groups excluding tert-OH is 1. The first-order valence-corrected chi connectivity index (χ1v) is 5.20. The molecule has 0 aliphatic heterocycles. The average Bonchev–Trinajstić information content (AvgIpc) is 2.19. The van der Waals surface area contributed by atoms with E-state index in [1.807, 2.05) is 20.8 Å². The Balaban J connectivity index is 3.86. The molecular formula is C11H20N2O3. The molecule has 5 nitrogen and oxygen atoms in total. The standard InChI is InChI=1S/C11H20N2O3/c1-11(2,3)8-13-10(16)5-4-9(15)12-6-7-14/h4-5,14H,6-8H2,1-3H3,(H,12,15)(H,13,16)/b5-4+. The minimum absolute atomic E-state index is 0.0165. The van der Waals surface area contributed by atoms with Gasteiger partial charge < -0.3 is 15.7 Å². The molecule has 0 saturated heterocycles. The van der Waals surface area contributed by atoms with Crippen molar-refractivity contribution < 1.29 is 14.7 Å². The van der Waals surface area contributed by atoms with E-state index >= 15 is 0 Å². The molecule has 0 rings (SSSR count). The molecular weight excluding hydrogens is 208 g/mol. The third-order valence-electron chi connectivity index (χ3n) is 1.59. The van der Waals surface area contributed by atoms with Crippen molar-refractivity contribution in [3.63, 3.8) is 0 Å². The molecule has 0 aromatic carbocycles. The first kappa shape index (κ1) is 14.6. The zero-order valence-electron chi connectivity index (χ0n) is 10.0. The van der Waals surface area contributed by atoms with Gasteiger partial charge in [-0.3, -0.25) is 9.59 Å². The lowest BCUT2D eigenvalue weighted by molar-refractivity contribution is -0.119. The number of carbonyl (C=O) groups is 2. The Bertz CT molecular complexity index is 267. The van der Waals surface area contributed by atoms with Crippen LogP contribution in [0.4, 0.5) is 0 Å². The van der Waals surface area contributed by atoms with Gasteiger partial charge in [0.15, 0.2) is 0 Å². The van der Waals surface area contributed by atoms with E-state index in [-0.39, 0.29) is 30.4 Å². The van der Waals surface area contributed by atoms with Crippen LogP contribution in [0.25, 0.3) is 0 Å². The summed E-state index contributed by atoms with van der Waals surface area (Å²) >= 11 is 0. The van der Waals surface area contributed by atoms with Gasteiger partial charge in [0.25, 0.3) is 0 Å². The normalized spacial score (nSPS) is 11.5. The molecule has 0 aliphatic rings. The summed E-state index contributed by atoms with van der Waals surface area (Å²) in [6.45, 7) is 6.64. The number of carbonyl (C=O) groups excluding carboxylic acids is 2. The predicted octanol–water partition coefficient (Wildman–Crippen LogP) is -0.187. The number of amides is 2. The summed E-state index contributed by atoms with van der Waals surface area (Å²) in [5.41, 5.74) is 0.0165. The van der Waals surface area contributed by atoms with Crippen LogP contribution in [-0.4, -0.2) is 36.6 Å². The van der Waals surface area contributed by atoms with Crippen LogP contribution >= 0.6 is 0 Å². The van der Waals surface area contributed by atoms with E-state index in [1.165, 1.54) is 6.08 Å². The van der Waals surface area contributed by atoms with Crippen LogP contribution in [0.3, 0.4) is 0 Å². The fourth-order valence-electron chi connectivity index (χ4n) is 0.801. The molecule has 0 bridgehead atoms. The van der Waals surface area contributed by atoms with Crippen molar-refractivity contribution in [2.45, 2.75) is 20.8 Å². The maximum Gasteiger partial charge on any atom is 0.244 e. The van der Waals surface area contributed by atoms with E-state index in [0.717, 1.165) is 6.08 Å². The molecule has 0 radical (unpaired) electrons. The van der Waals surface area contributed by atoms with Gasteiger partial charge in [0, 0.05) is 25.2 Å². The highest BCUT2D eigenvalue weighted by molar-refractivity contribution is 5.96. The lowest BCUT2D eigenvalue weighted by Crippen LogP contribution is -2.31. The fourth-order valence-corrected chi connectivity index (χ4v) is 0.801. The Morgan fingerprint density at radius 2 is 1.62 bits per heavy atom. The molecule has 0 aromatic heterocycles. The summed E-state index contributed by atoms with van der Waals surface area (Å²) < 4.78 is 0. The second-order valence-corrected chi connectivity index (χ2v) is 4.63. The Kier molecular flexibility index (Phi) is 6.41. The lowest BCUT2D eigenvalue weighted by atomic mass is 9.97. The molecule has 0 saturated carbocycles. The predicted molar refractivity (Wildman–Crippen MR) is 61.7 cm³/mol. The summed E-state index contributed by atoms with van der Waals surface area (Å²) in [5.74, 6) is -0.686. The van der Waals surface area contributed by atoms with Crippen LogP contribution in [0, 0.1) is 5.41 Å². The summed E-state index contributed by atoms with van der Waals surface area (Å²) in [7, 11) is 0. The molecule has 92 valence electrons. The second-order valence-electron chi connectivity index (χ2n) is 4.63. The van der Waals surface area contributed by atoms with E-state index in [9.17, 15) is 9.59 Å². The number of hydrogen-bond acceptors (Lipinski definition) is 3. The monoisotopic (exact) mass is 228 g/mol. The molecule has 2 amide bonds. The number of aliphatic hydroxyl groups is 1. The minimum atomic E-state index is -0.389. The quantitative estimate of drug-likeness (QED) is 0.571. The van der Waals surface area contributed by atoms with Crippen LogP contribution in [0.5, 0.6) is 0 Å². The maximum absolute atomic E-state index is 11.2. The van der Waals surface area contributed by atoms with Crippen molar-refractivity contribution in [1.82, 2.24) is 10.6 Å². The Morgan fingerprint density at radius 3 is 2.06 bits per heavy atom. The molecule has 0 spiro atoms. The van der Waals surface area contributed by atoms with Gasteiger partial charge in [-0.05, 0) is 5.41 Å². The number of hydrogen-bond donors (Lipinski definition) is 3. The number of nitrogens with one attached hydrogen (secondary N) is 2. The zero-order chi connectivity index (χ0) is 12.6. The van der Waals surface area contributed by atoms with Gasteiger partial charge in [-0.25, -0.2) is 0 Å². The molecule has 16 heavy (non-hydrogen) atoms. The van der Waals surface area contributed by atoms with E-state index in [4.69, 9.17) is 5.11 Å². The first-order chi connectivity index (χ1) is 7.35. The average molecular weight is 228 g/mol. The Morgan fingerprint density at radius 1 is 1.12 bits per heavy atom. The van der Waals surface area contributed by atoms with Crippen LogP contribution in [0.1, 0.15) is 20.8 Å². The van der Waals surface area contributed by atoms with Gasteiger partial charge in [-0.2, -0.15) is 0 Å². The topological polar surface area (TPSA) is 78.4 Å². The molecule has 0 aromatic rings. The largest absolute Gasteiger partial charge is 0.395 e. The molecule has 0 heterocycles. The van der Waals surface area contributed by atoms with Crippen LogP contribution in [0.2, 0.25) is 0 Å². The molecule has 5 heteroatoms. The van der Waals surface area contributed by atoms with E-state index < -0.39 is 0 Å². The third-order valence-corrected chi connectivity index (χ3v) is 1.59. The van der Waals surface area contributed by atoms with E-state index in [0.29, 0.717) is 6.54 Å². The minimum Gasteiger partial charge on any atom is -0.395 e. The summed E-state index contributed by atoms with van der Waals surface area (Å²) in [6.07, 6.45) is 2.33. The fraction of sp³-hybridized carbons (Fsp3) is 0.636. The smallest absolute Gasteiger partial charge is 0.244 e. The first-order valence-electron chi connectivity index (χ1n) is 5.20. The van der Waals surface area contributed by atoms with Gasteiger partial charge in [-0.15, -0.1) is 0 Å². The molecule has 0 unspecified atom stereocenters. The third kappa shape index (κ3) is 9.21. The highest BCUT2D eigenvalue weighted by atomic mass is 16.3. The van der Waals surface area contributed by atoms with Gasteiger partial charge in [0.2, 0.25) is 11.8 Å². The van der Waals surface area contributed by atoms with Crippen molar-refractivity contribution >= 4 is 11.8 Å². The van der Waals surface area contributed by atoms with E-state index in [2.05, 4.69) is 10.6 Å². The summed E-state index contributed by atoms with van der Waals surface area (Å²) in [5, 5.41) is 13.5. The molecule has 0 atom stereocenters. The van der Waals surface area contributed by atoms with Crippen molar-refractivity contribution in [3.05, 3.63) is 12.2 Å². The van der Waals surface area contributed by atoms with Gasteiger partial charge >= 0.3 is 0 Å². The number of rotatable bonds is 5. The van der Waals surface area contributed by atoms with E-state index in [1.54, 1.807) is 0 Å². The summed E-state index contributed by atoms with van der Waals surface area (Å²) in [4.78, 5) is 22.3. The molecule has 0 fully saturated rings. The SMILES string of the molecule is CC(C)(C)CNC(=O)/C=C/C(=O)NCCO. The van der Waals surface area contributed by atoms with Crippen molar-refractivity contribution in [2.75, 3.05) is 19.7 Å². The maximum atomic E-state index is 11.2. The summed E-state index contributed by atoms with van der Waals surface area (Å²) in [6, 6.07) is 0. The van der Waals surface area contributed by atoms with Crippen LogP contribution < -0.4 is 10.6 Å². The zero-order valence-corrected chi connectivity index (χ0v) is 10.0. The van der Waals surface area contributed by atoms with Gasteiger partial charge in [0.05, 0.1) is 6.61 Å². The Hall–Kier alpha value is -1.36. The van der Waals surface area contributed by atoms with Crippen molar-refractivity contribution in [1.29, 1.82) is 0 Å². The van der Waals surface area contributed by atoms with Crippen LogP contribution in [0.15, 0.2) is 12.2 Å². The van der Waals surface area contributed by atoms with Crippen molar-refractivity contribution in [2.24, 2.45) is 5.41 Å². The Labute approximate surface area is 95.9 Å². The van der Waals surface area contributed by atoms with Crippen LogP contribution in [-0.2, 0) is 9.59 Å². The second kappa shape index (κ2) is 7.00. The van der Waals surface area contributed by atoms with Gasteiger partial charge in [0.1, 0.15) is 0 Å².